The number of piperidine rings is 1. The van der Waals surface area contributed by atoms with Gasteiger partial charge in [-0.15, -0.1) is 11.3 Å². The molecule has 0 radical (unpaired) electrons. The van der Waals surface area contributed by atoms with E-state index in [1.165, 1.54) is 17.4 Å². The molecule has 9 heteroatoms. The third kappa shape index (κ3) is 4.21. The number of rotatable bonds is 5. The summed E-state index contributed by atoms with van der Waals surface area (Å²) >= 11 is 1.41. The van der Waals surface area contributed by atoms with Crippen molar-refractivity contribution in [2.45, 2.75) is 19.5 Å². The largest absolute Gasteiger partial charge is 0.417 e. The van der Waals surface area contributed by atoms with Crippen LogP contribution in [0.4, 0.5) is 18.9 Å². The van der Waals surface area contributed by atoms with Gasteiger partial charge in [0.1, 0.15) is 0 Å². The maximum Gasteiger partial charge on any atom is 0.417 e. The van der Waals surface area contributed by atoms with Gasteiger partial charge in [-0.1, -0.05) is 6.07 Å². The van der Waals surface area contributed by atoms with E-state index >= 15 is 0 Å². The molecule has 3 heterocycles. The van der Waals surface area contributed by atoms with Gasteiger partial charge in [-0.2, -0.15) is 18.4 Å². The number of fused-ring (bicyclic) bond motifs is 1. The number of benzene rings is 1. The second kappa shape index (κ2) is 8.75. The number of halogens is 3. The Bertz CT molecular complexity index is 1020. The standard InChI is InChI=1S/C23H24F3N3O2S/c1-2-31-15-22-7-8-28(18-6-5-16(11-27)19(10-18)23(24,25)26)12-17(22)13-29(14-22)21(30)20-4-3-9-32-20/h3-6,9-10,17H,2,7-8,12-15H2,1H3/t17-,22+/m1/s1. The first-order valence-corrected chi connectivity index (χ1v) is 11.4. The van der Waals surface area contributed by atoms with Crippen molar-refractivity contribution in [3.63, 3.8) is 0 Å². The number of hydrogen-bond donors (Lipinski definition) is 0. The van der Waals surface area contributed by atoms with Crippen LogP contribution in [0.3, 0.4) is 0 Å². The lowest BCUT2D eigenvalue weighted by Gasteiger charge is -2.44. The van der Waals surface area contributed by atoms with E-state index < -0.39 is 11.7 Å². The number of ether oxygens (including phenoxy) is 1. The Kier molecular flexibility index (Phi) is 6.19. The Morgan fingerprint density at radius 3 is 2.81 bits per heavy atom. The zero-order valence-electron chi connectivity index (χ0n) is 17.7. The summed E-state index contributed by atoms with van der Waals surface area (Å²) in [6.07, 6.45) is -3.87. The summed E-state index contributed by atoms with van der Waals surface area (Å²) in [6.45, 7) is 5.25. The summed E-state index contributed by atoms with van der Waals surface area (Å²) in [5.74, 6) is 0.0752. The van der Waals surface area contributed by atoms with Crippen LogP contribution in [0.25, 0.3) is 0 Å². The highest BCUT2D eigenvalue weighted by Gasteiger charge is 2.51. The fourth-order valence-corrected chi connectivity index (χ4v) is 5.52. The topological polar surface area (TPSA) is 56.6 Å². The molecule has 0 bridgehead atoms. The summed E-state index contributed by atoms with van der Waals surface area (Å²) in [4.78, 5) is 17.5. The van der Waals surface area contributed by atoms with E-state index in [9.17, 15) is 18.0 Å². The van der Waals surface area contributed by atoms with Gasteiger partial charge in [0.05, 0.1) is 28.7 Å². The number of thiophene rings is 1. The number of likely N-dealkylation sites (tertiary alicyclic amines) is 1. The van der Waals surface area contributed by atoms with Gasteiger partial charge in [-0.25, -0.2) is 0 Å². The zero-order chi connectivity index (χ0) is 22.9. The van der Waals surface area contributed by atoms with Crippen LogP contribution < -0.4 is 4.90 Å². The summed E-state index contributed by atoms with van der Waals surface area (Å²) in [5, 5.41) is 10.9. The predicted molar refractivity (Wildman–Crippen MR) is 116 cm³/mol. The first-order chi connectivity index (χ1) is 15.3. The highest BCUT2D eigenvalue weighted by Crippen LogP contribution is 2.45. The first-order valence-electron chi connectivity index (χ1n) is 10.5. The van der Waals surface area contributed by atoms with Crippen molar-refractivity contribution < 1.29 is 22.7 Å². The molecule has 0 aliphatic carbocycles. The van der Waals surface area contributed by atoms with Crippen molar-refractivity contribution in [2.75, 3.05) is 44.3 Å². The molecule has 0 N–H and O–H groups in total. The summed E-state index contributed by atoms with van der Waals surface area (Å²) in [5.41, 5.74) is -1.05. The lowest BCUT2D eigenvalue weighted by atomic mass is 9.73. The van der Waals surface area contributed by atoms with E-state index in [0.29, 0.717) is 56.4 Å². The van der Waals surface area contributed by atoms with Crippen molar-refractivity contribution in [3.05, 3.63) is 51.7 Å². The Hall–Kier alpha value is -2.57. The van der Waals surface area contributed by atoms with E-state index in [2.05, 4.69) is 0 Å². The van der Waals surface area contributed by atoms with Crippen LogP contribution in [0.15, 0.2) is 35.7 Å². The molecule has 1 aromatic carbocycles. The van der Waals surface area contributed by atoms with Crippen LogP contribution >= 0.6 is 11.3 Å². The number of nitrogens with zero attached hydrogens (tertiary/aromatic N) is 3. The van der Waals surface area contributed by atoms with Gasteiger partial charge in [0.25, 0.3) is 5.91 Å². The van der Waals surface area contributed by atoms with Gasteiger partial charge >= 0.3 is 6.18 Å². The zero-order valence-corrected chi connectivity index (χ0v) is 18.5. The van der Waals surface area contributed by atoms with E-state index in [1.54, 1.807) is 12.1 Å². The van der Waals surface area contributed by atoms with E-state index in [-0.39, 0.29) is 22.8 Å². The van der Waals surface area contributed by atoms with Crippen molar-refractivity contribution in [1.29, 1.82) is 5.26 Å². The molecule has 5 nitrogen and oxygen atoms in total. The molecule has 0 spiro atoms. The fraction of sp³-hybridized carbons (Fsp3) is 0.478. The number of alkyl halides is 3. The fourth-order valence-electron chi connectivity index (χ4n) is 4.83. The van der Waals surface area contributed by atoms with Gasteiger partial charge in [-0.3, -0.25) is 4.79 Å². The molecule has 2 atom stereocenters. The molecule has 170 valence electrons. The van der Waals surface area contributed by atoms with Crippen LogP contribution in [0.2, 0.25) is 0 Å². The number of nitriles is 1. The third-order valence-electron chi connectivity index (χ3n) is 6.54. The van der Waals surface area contributed by atoms with Gasteiger partial charge in [0.2, 0.25) is 0 Å². The lowest BCUT2D eigenvalue weighted by Crippen LogP contribution is -2.49. The van der Waals surface area contributed by atoms with Crippen LogP contribution in [-0.2, 0) is 10.9 Å². The molecule has 2 aliphatic rings. The Labute approximate surface area is 189 Å². The minimum absolute atomic E-state index is 0.00504. The van der Waals surface area contributed by atoms with Crippen LogP contribution in [0, 0.1) is 22.7 Å². The SMILES string of the molecule is CCOC[C@@]12CCN(c3ccc(C#N)c(C(F)(F)F)c3)C[C@@H]1CN(C(=O)c1cccs1)C2. The summed E-state index contributed by atoms with van der Waals surface area (Å²) in [6, 6.07) is 9.17. The third-order valence-corrected chi connectivity index (χ3v) is 7.40. The molecule has 1 amide bonds. The molecule has 32 heavy (non-hydrogen) atoms. The van der Waals surface area contributed by atoms with Gasteiger partial charge in [0, 0.05) is 49.8 Å². The number of anilines is 1. The molecule has 0 unspecified atom stereocenters. The van der Waals surface area contributed by atoms with E-state index in [4.69, 9.17) is 10.00 Å². The molecular formula is C23H24F3N3O2S. The monoisotopic (exact) mass is 463 g/mol. The van der Waals surface area contributed by atoms with Crippen LogP contribution in [0.5, 0.6) is 0 Å². The molecule has 2 aliphatic heterocycles. The predicted octanol–water partition coefficient (Wildman–Crippen LogP) is 4.64. The number of carbonyl (C=O) groups is 1. The van der Waals surface area contributed by atoms with Crippen molar-refractivity contribution >= 4 is 22.9 Å². The van der Waals surface area contributed by atoms with Gasteiger partial charge in [-0.05, 0) is 43.0 Å². The average Bonchev–Trinajstić information content (AvgIpc) is 3.44. The number of carbonyl (C=O) groups excluding carboxylic acids is 1. The molecule has 2 saturated heterocycles. The maximum absolute atomic E-state index is 13.4. The Morgan fingerprint density at radius 2 is 2.16 bits per heavy atom. The van der Waals surface area contributed by atoms with Crippen molar-refractivity contribution in [3.8, 4) is 6.07 Å². The molecule has 2 fully saturated rings. The number of hydrogen-bond acceptors (Lipinski definition) is 5. The maximum atomic E-state index is 13.4. The minimum Gasteiger partial charge on any atom is -0.381 e. The molecule has 2 aromatic rings. The summed E-state index contributed by atoms with van der Waals surface area (Å²) in [7, 11) is 0. The number of amides is 1. The van der Waals surface area contributed by atoms with Gasteiger partial charge in [0.15, 0.2) is 0 Å². The second-order valence-electron chi connectivity index (χ2n) is 8.39. The first kappa shape index (κ1) is 22.6. The van der Waals surface area contributed by atoms with Crippen molar-refractivity contribution in [2.24, 2.45) is 11.3 Å². The van der Waals surface area contributed by atoms with Crippen LogP contribution in [-0.4, -0.2) is 50.2 Å². The van der Waals surface area contributed by atoms with Crippen molar-refractivity contribution in [1.82, 2.24) is 4.90 Å². The van der Waals surface area contributed by atoms with Gasteiger partial charge < -0.3 is 14.5 Å². The summed E-state index contributed by atoms with van der Waals surface area (Å²) < 4.78 is 46.1. The quantitative estimate of drug-likeness (QED) is 0.648. The molecular weight excluding hydrogens is 439 g/mol. The lowest BCUT2D eigenvalue weighted by molar-refractivity contribution is -0.137. The highest BCUT2D eigenvalue weighted by atomic mass is 32.1. The smallest absolute Gasteiger partial charge is 0.381 e. The molecule has 4 rings (SSSR count). The highest BCUT2D eigenvalue weighted by molar-refractivity contribution is 7.12. The molecule has 0 saturated carbocycles. The van der Waals surface area contributed by atoms with Crippen LogP contribution in [0.1, 0.15) is 34.1 Å². The van der Waals surface area contributed by atoms with E-state index in [0.717, 1.165) is 6.07 Å². The Balaban J connectivity index is 1.58. The minimum atomic E-state index is -4.59. The average molecular weight is 464 g/mol. The Morgan fingerprint density at radius 1 is 1.34 bits per heavy atom. The van der Waals surface area contributed by atoms with E-state index in [1.807, 2.05) is 34.2 Å². The second-order valence-corrected chi connectivity index (χ2v) is 9.34. The molecule has 1 aromatic heterocycles. The normalized spacial score (nSPS) is 23.2.